The maximum Gasteiger partial charge on any atom is 0.0645 e. The van der Waals surface area contributed by atoms with Gasteiger partial charge in [0, 0.05) is 22.5 Å². The molecule has 62 heavy (non-hydrogen) atoms. The van der Waals surface area contributed by atoms with Crippen LogP contribution in [0.15, 0.2) is 236 Å². The van der Waals surface area contributed by atoms with Crippen molar-refractivity contribution in [1.29, 1.82) is 0 Å². The fraction of sp³-hybridized carbons (Fsp3) is 0.0492. The Balaban J connectivity index is 1.12. The summed E-state index contributed by atoms with van der Waals surface area (Å²) in [5, 5.41) is 2.17. The van der Waals surface area contributed by atoms with E-state index >= 15 is 0 Å². The van der Waals surface area contributed by atoms with Crippen LogP contribution < -0.4 is 4.90 Å². The van der Waals surface area contributed by atoms with Gasteiger partial charge in [0.15, 0.2) is 0 Å². The molecule has 0 saturated carbocycles. The number of hydrogen-bond donors (Lipinski definition) is 0. The van der Waals surface area contributed by atoms with Crippen LogP contribution in [0, 0.1) is 0 Å². The highest BCUT2D eigenvalue weighted by molar-refractivity contribution is 5.90. The molecule has 0 unspecified atom stereocenters. The Hall–Kier alpha value is -7.74. The molecule has 0 N–H and O–H groups in total. The van der Waals surface area contributed by atoms with Crippen LogP contribution in [0.1, 0.15) is 35.9 Å². The van der Waals surface area contributed by atoms with E-state index < -0.39 is 17.5 Å². The predicted octanol–water partition coefficient (Wildman–Crippen LogP) is 17.0. The van der Waals surface area contributed by atoms with E-state index in [1.165, 1.54) is 4.90 Å². The van der Waals surface area contributed by atoms with Gasteiger partial charge in [0.25, 0.3) is 0 Å². The second kappa shape index (κ2) is 15.4. The molecule has 0 radical (unpaired) electrons. The van der Waals surface area contributed by atoms with Crippen LogP contribution in [-0.4, -0.2) is 0 Å². The fourth-order valence-corrected chi connectivity index (χ4v) is 8.92. The molecule has 1 aliphatic rings. The third-order valence-electron chi connectivity index (χ3n) is 12.2. The van der Waals surface area contributed by atoms with Crippen LogP contribution in [-0.2, 0) is 5.41 Å². The van der Waals surface area contributed by atoms with Crippen molar-refractivity contribution in [2.24, 2.45) is 0 Å². The Morgan fingerprint density at radius 2 is 0.774 bits per heavy atom. The number of benzene rings is 10. The van der Waals surface area contributed by atoms with Gasteiger partial charge < -0.3 is 4.90 Å². The molecular weight excluding hydrogens is 747 g/mol. The van der Waals surface area contributed by atoms with Crippen LogP contribution in [0.2, 0.25) is 0 Å². The molecule has 1 nitrogen and oxygen atoms in total. The molecule has 1 heteroatoms. The van der Waals surface area contributed by atoms with Gasteiger partial charge in [-0.3, -0.25) is 0 Å². The molecule has 0 bridgehead atoms. The summed E-state index contributed by atoms with van der Waals surface area (Å²) in [4.78, 5) is 1.41. The van der Waals surface area contributed by atoms with Gasteiger partial charge in [0.1, 0.15) is 0 Å². The highest BCUT2D eigenvalue weighted by Crippen LogP contribution is 2.51. The van der Waals surface area contributed by atoms with Crippen molar-refractivity contribution in [3.8, 4) is 66.8 Å². The van der Waals surface area contributed by atoms with Crippen molar-refractivity contribution in [3.05, 3.63) is 248 Å². The van der Waals surface area contributed by atoms with Crippen LogP contribution in [0.5, 0.6) is 0 Å². The van der Waals surface area contributed by atoms with E-state index in [0.717, 1.165) is 66.4 Å². The summed E-state index contributed by atoms with van der Waals surface area (Å²) in [6.45, 7) is 4.25. The van der Waals surface area contributed by atoms with Crippen molar-refractivity contribution < 1.29 is 11.0 Å². The lowest BCUT2D eigenvalue weighted by Crippen LogP contribution is -2.16. The van der Waals surface area contributed by atoms with E-state index in [1.807, 2.05) is 140 Å². The smallest absolute Gasteiger partial charge is 0.0645 e. The molecule has 1 aliphatic carbocycles. The minimum absolute atomic E-state index is 0.0976. The molecule has 10 aromatic rings. The SMILES string of the molecule is [2H]c1c([2H])c(N(c2ccc3c(c2)C(C)(C)c2ccccc2-3)c2c([2H])c([2H])c(-c3cc(-c4ccccc4)cc(-c4ccccc4)c3)c([2H])c2[2H])c([2H])c([2H])c1-c1cccc(-c2ccc3ccccc3c2)c1. The zero-order valence-electron chi connectivity index (χ0n) is 42.3. The molecule has 0 aliphatic heterocycles. The first-order chi connectivity index (χ1) is 33.8. The van der Waals surface area contributed by atoms with Gasteiger partial charge in [-0.1, -0.05) is 184 Å². The third kappa shape index (κ3) is 6.79. The van der Waals surface area contributed by atoms with Gasteiger partial charge in [0.2, 0.25) is 0 Å². The molecule has 0 saturated heterocycles. The minimum Gasteiger partial charge on any atom is -0.310 e. The van der Waals surface area contributed by atoms with Crippen molar-refractivity contribution >= 4 is 27.8 Å². The average molecular weight is 800 g/mol. The highest BCUT2D eigenvalue weighted by atomic mass is 15.1. The first-order valence-corrected chi connectivity index (χ1v) is 20.9. The molecule has 0 amide bonds. The van der Waals surface area contributed by atoms with E-state index in [1.54, 1.807) is 12.1 Å². The normalized spacial score (nSPS) is 14.3. The molecule has 11 rings (SSSR count). The van der Waals surface area contributed by atoms with E-state index in [0.29, 0.717) is 16.8 Å². The molecule has 0 spiro atoms. The Bertz CT molecular complexity index is 3620. The summed E-state index contributed by atoms with van der Waals surface area (Å²) in [7, 11) is 0. The lowest BCUT2D eigenvalue weighted by Gasteiger charge is -2.28. The van der Waals surface area contributed by atoms with Crippen molar-refractivity contribution in [3.63, 3.8) is 0 Å². The Morgan fingerprint density at radius 3 is 1.42 bits per heavy atom. The second-order valence-corrected chi connectivity index (χ2v) is 16.4. The Kier molecular flexibility index (Phi) is 7.31. The lowest BCUT2D eigenvalue weighted by atomic mass is 9.82. The van der Waals surface area contributed by atoms with Crippen LogP contribution in [0.3, 0.4) is 0 Å². The van der Waals surface area contributed by atoms with Gasteiger partial charge in [0.05, 0.1) is 11.0 Å². The third-order valence-corrected chi connectivity index (χ3v) is 12.2. The van der Waals surface area contributed by atoms with Gasteiger partial charge in [-0.25, -0.2) is 0 Å². The van der Waals surface area contributed by atoms with E-state index in [9.17, 15) is 11.0 Å². The maximum absolute atomic E-state index is 9.86. The standard InChI is InChI=1S/C61H45N/c1-61(2)59-23-12-11-22-57(59)58-35-34-56(41-60(58)61)62(54-30-26-45(27-31-54)48-20-13-21-49(36-48)50-25-24-44-18-9-10-19-47(44)37-50)55-32-28-46(29-33-55)53-39-51(42-14-5-3-6-15-42)38-52(40-53)43-16-7-4-8-17-43/h3-41H,1-2H3/i26D,27D,28D,29D,30D,31D,32D,33D. The summed E-state index contributed by atoms with van der Waals surface area (Å²) in [5.74, 6) is 0. The molecule has 0 fully saturated rings. The van der Waals surface area contributed by atoms with Crippen molar-refractivity contribution in [1.82, 2.24) is 0 Å². The average Bonchev–Trinajstić information content (AvgIpc) is 3.62. The summed E-state index contributed by atoms with van der Waals surface area (Å²) < 4.78 is 78.0. The zero-order valence-corrected chi connectivity index (χ0v) is 34.3. The number of hydrogen-bond acceptors (Lipinski definition) is 1. The quantitative estimate of drug-likeness (QED) is 0.148. The lowest BCUT2D eigenvalue weighted by molar-refractivity contribution is 0.660. The van der Waals surface area contributed by atoms with Crippen LogP contribution in [0.25, 0.3) is 77.5 Å². The maximum atomic E-state index is 9.86. The summed E-state index contributed by atoms with van der Waals surface area (Å²) in [5.41, 5.74) is 10.1. The van der Waals surface area contributed by atoms with Gasteiger partial charge in [-0.05, 0) is 155 Å². The first-order valence-electron chi connectivity index (χ1n) is 24.9. The molecule has 0 atom stereocenters. The zero-order chi connectivity index (χ0) is 48.6. The molecule has 294 valence electrons. The Labute approximate surface area is 376 Å². The second-order valence-electron chi connectivity index (χ2n) is 16.4. The van der Waals surface area contributed by atoms with Crippen molar-refractivity contribution in [2.45, 2.75) is 19.3 Å². The monoisotopic (exact) mass is 799 g/mol. The molecule has 0 heterocycles. The largest absolute Gasteiger partial charge is 0.310 e. The van der Waals surface area contributed by atoms with E-state index in [-0.39, 0.29) is 58.8 Å². The van der Waals surface area contributed by atoms with Crippen LogP contribution >= 0.6 is 0 Å². The fourth-order valence-electron chi connectivity index (χ4n) is 8.92. The van der Waals surface area contributed by atoms with Gasteiger partial charge >= 0.3 is 0 Å². The summed E-state index contributed by atoms with van der Waals surface area (Å²) >= 11 is 0. The van der Waals surface area contributed by atoms with Gasteiger partial charge in [-0.15, -0.1) is 0 Å². The number of anilines is 3. The molecular formula is C61H45N. The van der Waals surface area contributed by atoms with Crippen molar-refractivity contribution in [2.75, 3.05) is 4.90 Å². The highest BCUT2D eigenvalue weighted by Gasteiger charge is 2.35. The minimum atomic E-state index is -0.485. The number of nitrogens with zero attached hydrogens (tertiary/aromatic N) is 1. The van der Waals surface area contributed by atoms with Crippen LogP contribution in [0.4, 0.5) is 17.1 Å². The number of rotatable bonds is 8. The molecule has 10 aromatic carbocycles. The Morgan fingerprint density at radius 1 is 0.306 bits per heavy atom. The van der Waals surface area contributed by atoms with E-state index in [4.69, 9.17) is 0 Å². The van der Waals surface area contributed by atoms with Gasteiger partial charge in [-0.2, -0.15) is 0 Å². The predicted molar refractivity (Wildman–Crippen MR) is 263 cm³/mol. The first kappa shape index (κ1) is 29.5. The molecule has 0 aromatic heterocycles. The number of fused-ring (bicyclic) bond motifs is 4. The topological polar surface area (TPSA) is 3.24 Å². The van der Waals surface area contributed by atoms with E-state index in [2.05, 4.69) is 50.2 Å². The summed E-state index contributed by atoms with van der Waals surface area (Å²) in [6, 6.07) is 58.3. The summed E-state index contributed by atoms with van der Waals surface area (Å²) in [6.07, 6.45) is 0.